The van der Waals surface area contributed by atoms with Crippen molar-refractivity contribution in [3.63, 3.8) is 0 Å². The van der Waals surface area contributed by atoms with E-state index in [9.17, 15) is 0 Å². The van der Waals surface area contributed by atoms with E-state index in [-0.39, 0.29) is 12.4 Å². The Balaban J connectivity index is 0.000001000. The Kier molecular flexibility index (Phi) is 6.03. The summed E-state index contributed by atoms with van der Waals surface area (Å²) in [6.07, 6.45) is 2.41. The average Bonchev–Trinajstić information content (AvgIpc) is 2.03. The highest BCUT2D eigenvalue weighted by atomic mass is 35.5. The second-order valence-electron chi connectivity index (χ2n) is 2.63. The van der Waals surface area contributed by atoms with Crippen LogP contribution in [0.2, 0.25) is 0 Å². The lowest BCUT2D eigenvalue weighted by Gasteiger charge is -2.20. The summed E-state index contributed by atoms with van der Waals surface area (Å²) < 4.78 is 0. The van der Waals surface area contributed by atoms with Crippen LogP contribution in [-0.4, -0.2) is 19.6 Å². The van der Waals surface area contributed by atoms with Crippen molar-refractivity contribution in [2.75, 3.05) is 19.6 Å². The Morgan fingerprint density at radius 1 is 1.64 bits per heavy atom. The predicted octanol–water partition coefficient (Wildman–Crippen LogP) is 1.72. The van der Waals surface area contributed by atoms with Crippen molar-refractivity contribution in [2.24, 2.45) is 11.0 Å². The molecule has 1 saturated heterocycles. The minimum atomic E-state index is 0. The van der Waals surface area contributed by atoms with Gasteiger partial charge in [-0.25, -0.2) is 0 Å². The Morgan fingerprint density at radius 3 is 3.00 bits per heavy atom. The van der Waals surface area contributed by atoms with Gasteiger partial charge in [0, 0.05) is 11.5 Å². The number of hydrogen-bond acceptors (Lipinski definition) is 2. The third kappa shape index (κ3) is 4.09. The molecular formula is C6H13ClN4. The van der Waals surface area contributed by atoms with Crippen LogP contribution in [0.3, 0.4) is 0 Å². The molecular weight excluding hydrogens is 164 g/mol. The zero-order chi connectivity index (χ0) is 7.23. The standard InChI is InChI=1S/C6H12N4.ClH/c7-10-9-5-6-2-1-3-8-4-6;/h6,8H,1-5H2;1H. The van der Waals surface area contributed by atoms with Gasteiger partial charge in [0.25, 0.3) is 0 Å². The van der Waals surface area contributed by atoms with Gasteiger partial charge in [0.05, 0.1) is 0 Å². The van der Waals surface area contributed by atoms with Gasteiger partial charge in [-0.1, -0.05) is 5.11 Å². The average molecular weight is 177 g/mol. The van der Waals surface area contributed by atoms with Crippen LogP contribution in [0.15, 0.2) is 5.11 Å². The summed E-state index contributed by atoms with van der Waals surface area (Å²) in [6.45, 7) is 2.79. The lowest BCUT2D eigenvalue weighted by Crippen LogP contribution is -2.31. The molecule has 0 aliphatic carbocycles. The number of halogens is 1. The number of piperidine rings is 1. The maximum absolute atomic E-state index is 8.03. The number of hydrogen-bond donors (Lipinski definition) is 1. The van der Waals surface area contributed by atoms with E-state index < -0.39 is 0 Å². The first-order chi connectivity index (χ1) is 4.93. The normalized spacial score (nSPS) is 23.1. The molecule has 0 aromatic heterocycles. The van der Waals surface area contributed by atoms with Crippen LogP contribution in [0, 0.1) is 5.92 Å². The second-order valence-corrected chi connectivity index (χ2v) is 2.63. The molecule has 5 heteroatoms. The van der Waals surface area contributed by atoms with Crippen LogP contribution in [-0.2, 0) is 0 Å². The fourth-order valence-electron chi connectivity index (χ4n) is 1.23. The quantitative estimate of drug-likeness (QED) is 0.389. The van der Waals surface area contributed by atoms with Crippen molar-refractivity contribution in [1.29, 1.82) is 0 Å². The summed E-state index contributed by atoms with van der Waals surface area (Å²) in [5, 5.41) is 6.80. The lowest BCUT2D eigenvalue weighted by atomic mass is 10.0. The highest BCUT2D eigenvalue weighted by Crippen LogP contribution is 2.09. The summed E-state index contributed by atoms with van der Waals surface area (Å²) in [5.74, 6) is 0.574. The highest BCUT2D eigenvalue weighted by molar-refractivity contribution is 5.85. The molecule has 1 aliphatic heterocycles. The molecule has 1 aliphatic rings. The first kappa shape index (κ1) is 10.6. The van der Waals surface area contributed by atoms with E-state index in [4.69, 9.17) is 5.53 Å². The molecule has 64 valence electrons. The van der Waals surface area contributed by atoms with E-state index in [2.05, 4.69) is 15.3 Å². The molecule has 0 saturated carbocycles. The molecule has 1 atom stereocenters. The van der Waals surface area contributed by atoms with Crippen LogP contribution in [0.1, 0.15) is 12.8 Å². The third-order valence-corrected chi connectivity index (χ3v) is 1.80. The molecule has 0 amide bonds. The first-order valence-corrected chi connectivity index (χ1v) is 3.65. The Morgan fingerprint density at radius 2 is 2.45 bits per heavy atom. The number of rotatable bonds is 2. The van der Waals surface area contributed by atoms with Gasteiger partial charge in [-0.2, -0.15) is 0 Å². The minimum Gasteiger partial charge on any atom is -0.316 e. The van der Waals surface area contributed by atoms with Gasteiger partial charge >= 0.3 is 0 Å². The Bertz CT molecular complexity index is 138. The number of azide groups is 1. The fourth-order valence-corrected chi connectivity index (χ4v) is 1.23. The van der Waals surface area contributed by atoms with Crippen molar-refractivity contribution >= 4 is 12.4 Å². The van der Waals surface area contributed by atoms with E-state index in [1.807, 2.05) is 0 Å². The first-order valence-electron chi connectivity index (χ1n) is 3.65. The SMILES string of the molecule is Cl.[N-]=[N+]=NCC1CCCNC1. The largest absolute Gasteiger partial charge is 0.316 e. The number of nitrogens with one attached hydrogen (secondary N) is 1. The molecule has 1 unspecified atom stereocenters. The van der Waals surface area contributed by atoms with Crippen LogP contribution in [0.5, 0.6) is 0 Å². The molecule has 0 aromatic carbocycles. The van der Waals surface area contributed by atoms with E-state index >= 15 is 0 Å². The topological polar surface area (TPSA) is 60.8 Å². The maximum atomic E-state index is 8.03. The second kappa shape index (κ2) is 6.28. The van der Waals surface area contributed by atoms with Gasteiger partial charge in [0.2, 0.25) is 0 Å². The molecule has 0 spiro atoms. The summed E-state index contributed by atoms with van der Waals surface area (Å²) in [5.41, 5.74) is 8.03. The van der Waals surface area contributed by atoms with Gasteiger partial charge in [0.15, 0.2) is 0 Å². The number of nitrogens with zero attached hydrogens (tertiary/aromatic N) is 3. The minimum absolute atomic E-state index is 0. The van der Waals surface area contributed by atoms with Crippen molar-refractivity contribution in [3.8, 4) is 0 Å². The monoisotopic (exact) mass is 176 g/mol. The van der Waals surface area contributed by atoms with Crippen LogP contribution >= 0.6 is 12.4 Å². The molecule has 0 radical (unpaired) electrons. The molecule has 1 fully saturated rings. The molecule has 0 bridgehead atoms. The molecule has 11 heavy (non-hydrogen) atoms. The van der Waals surface area contributed by atoms with Gasteiger partial charge in [0.1, 0.15) is 0 Å². The van der Waals surface area contributed by atoms with Crippen molar-refractivity contribution in [3.05, 3.63) is 10.4 Å². The van der Waals surface area contributed by atoms with Crippen molar-refractivity contribution < 1.29 is 0 Å². The van der Waals surface area contributed by atoms with E-state index in [0.29, 0.717) is 12.5 Å². The predicted molar refractivity (Wildman–Crippen MR) is 46.9 cm³/mol. The molecule has 4 nitrogen and oxygen atoms in total. The molecule has 1 heterocycles. The Hall–Kier alpha value is -0.440. The van der Waals surface area contributed by atoms with E-state index in [1.54, 1.807) is 0 Å². The maximum Gasteiger partial charge on any atom is 0.0298 e. The van der Waals surface area contributed by atoms with Gasteiger partial charge in [-0.05, 0) is 37.4 Å². The summed E-state index contributed by atoms with van der Waals surface area (Å²) in [6, 6.07) is 0. The van der Waals surface area contributed by atoms with Gasteiger partial charge in [-0.15, -0.1) is 12.4 Å². The van der Waals surface area contributed by atoms with E-state index in [0.717, 1.165) is 13.1 Å². The summed E-state index contributed by atoms with van der Waals surface area (Å²) >= 11 is 0. The van der Waals surface area contributed by atoms with Crippen molar-refractivity contribution in [2.45, 2.75) is 12.8 Å². The van der Waals surface area contributed by atoms with Crippen LogP contribution in [0.4, 0.5) is 0 Å². The fraction of sp³-hybridized carbons (Fsp3) is 1.00. The van der Waals surface area contributed by atoms with Crippen LogP contribution < -0.4 is 5.32 Å². The summed E-state index contributed by atoms with van der Waals surface area (Å²) in [7, 11) is 0. The van der Waals surface area contributed by atoms with E-state index in [1.165, 1.54) is 12.8 Å². The molecule has 1 N–H and O–H groups in total. The smallest absolute Gasteiger partial charge is 0.0298 e. The zero-order valence-electron chi connectivity index (χ0n) is 6.36. The third-order valence-electron chi connectivity index (χ3n) is 1.80. The molecule has 0 aromatic rings. The lowest BCUT2D eigenvalue weighted by molar-refractivity contribution is 0.385. The van der Waals surface area contributed by atoms with Gasteiger partial charge in [-0.3, -0.25) is 0 Å². The molecule has 1 rings (SSSR count). The zero-order valence-corrected chi connectivity index (χ0v) is 7.18. The van der Waals surface area contributed by atoms with Gasteiger partial charge < -0.3 is 5.32 Å². The summed E-state index contributed by atoms with van der Waals surface area (Å²) in [4.78, 5) is 2.73. The van der Waals surface area contributed by atoms with Crippen molar-refractivity contribution in [1.82, 2.24) is 5.32 Å². The Labute approximate surface area is 72.4 Å². The van der Waals surface area contributed by atoms with Crippen LogP contribution in [0.25, 0.3) is 10.4 Å². The highest BCUT2D eigenvalue weighted by Gasteiger charge is 2.10.